The van der Waals surface area contributed by atoms with Crippen LogP contribution in [0.2, 0.25) is 0 Å². The fourth-order valence-corrected chi connectivity index (χ4v) is 1.52. The van der Waals surface area contributed by atoms with Gasteiger partial charge in [0.1, 0.15) is 36.2 Å². The van der Waals surface area contributed by atoms with Crippen LogP contribution in [0.15, 0.2) is 0 Å². The van der Waals surface area contributed by atoms with Gasteiger partial charge in [-0.15, -0.1) is 0 Å². The van der Waals surface area contributed by atoms with E-state index in [0.717, 1.165) is 0 Å². The van der Waals surface area contributed by atoms with Crippen molar-refractivity contribution in [3.8, 4) is 0 Å². The molecule has 0 spiro atoms. The summed E-state index contributed by atoms with van der Waals surface area (Å²) >= 11 is 1.67. The second-order valence-electron chi connectivity index (χ2n) is 4.20. The molecule has 0 aromatic rings. The lowest BCUT2D eigenvalue weighted by molar-refractivity contribution is -0.123. The highest BCUT2D eigenvalue weighted by molar-refractivity contribution is 14.1. The standard InChI is InChI=1S/C13H24INO7/c1-12(16)10-21-9-8-20-7-6-19-5-4-18-3-2-15-13(17)11-22-14/h2-11H2,1H3,(H,15,17). The number of rotatable bonds is 16. The van der Waals surface area contributed by atoms with Crippen LogP contribution in [0, 0.1) is 0 Å². The Morgan fingerprint density at radius 1 is 0.818 bits per heavy atom. The van der Waals surface area contributed by atoms with E-state index in [0.29, 0.717) is 52.8 Å². The van der Waals surface area contributed by atoms with E-state index in [2.05, 4.69) is 8.38 Å². The lowest BCUT2D eigenvalue weighted by Crippen LogP contribution is -2.30. The molecule has 0 aromatic carbocycles. The number of amides is 1. The molecule has 22 heavy (non-hydrogen) atoms. The van der Waals surface area contributed by atoms with Crippen molar-refractivity contribution in [1.82, 2.24) is 5.32 Å². The first-order valence-electron chi connectivity index (χ1n) is 6.97. The molecular weight excluding hydrogens is 409 g/mol. The van der Waals surface area contributed by atoms with Gasteiger partial charge in [0.05, 0.1) is 46.2 Å². The molecule has 0 fully saturated rings. The van der Waals surface area contributed by atoms with Crippen molar-refractivity contribution in [2.24, 2.45) is 0 Å². The molecule has 0 saturated carbocycles. The van der Waals surface area contributed by atoms with Crippen LogP contribution in [0.5, 0.6) is 0 Å². The predicted octanol–water partition coefficient (Wildman–Crippen LogP) is 0.125. The van der Waals surface area contributed by atoms with Crippen molar-refractivity contribution in [1.29, 1.82) is 0 Å². The number of ketones is 1. The van der Waals surface area contributed by atoms with Crippen LogP contribution in [0.4, 0.5) is 0 Å². The molecule has 1 N–H and O–H groups in total. The van der Waals surface area contributed by atoms with E-state index >= 15 is 0 Å². The maximum atomic E-state index is 11.0. The van der Waals surface area contributed by atoms with Crippen molar-refractivity contribution in [2.75, 3.05) is 66.0 Å². The predicted molar refractivity (Wildman–Crippen MR) is 86.9 cm³/mol. The van der Waals surface area contributed by atoms with E-state index in [4.69, 9.17) is 18.9 Å². The number of ether oxygens (including phenoxy) is 4. The second kappa shape index (κ2) is 17.0. The van der Waals surface area contributed by atoms with Gasteiger partial charge in [-0.3, -0.25) is 9.59 Å². The number of hydrogen-bond donors (Lipinski definition) is 1. The van der Waals surface area contributed by atoms with Crippen LogP contribution in [-0.4, -0.2) is 77.7 Å². The lowest BCUT2D eigenvalue weighted by Gasteiger charge is -2.07. The van der Waals surface area contributed by atoms with Gasteiger partial charge in [0, 0.05) is 6.54 Å². The van der Waals surface area contributed by atoms with Crippen molar-refractivity contribution < 1.29 is 31.6 Å². The van der Waals surface area contributed by atoms with Gasteiger partial charge in [-0.05, 0) is 6.92 Å². The number of halogens is 1. The van der Waals surface area contributed by atoms with E-state index in [-0.39, 0.29) is 24.9 Å². The highest BCUT2D eigenvalue weighted by atomic mass is 127. The Hall–Kier alpha value is -0.330. The lowest BCUT2D eigenvalue weighted by atomic mass is 10.5. The number of carbonyl (C=O) groups excluding carboxylic acids is 2. The van der Waals surface area contributed by atoms with Crippen molar-refractivity contribution in [3.63, 3.8) is 0 Å². The summed E-state index contributed by atoms with van der Waals surface area (Å²) in [6, 6.07) is 0. The Morgan fingerprint density at radius 2 is 1.32 bits per heavy atom. The van der Waals surface area contributed by atoms with Gasteiger partial charge in [-0.25, -0.2) is 0 Å². The van der Waals surface area contributed by atoms with Crippen LogP contribution < -0.4 is 5.32 Å². The first kappa shape index (κ1) is 21.7. The molecular formula is C13H24INO7. The molecule has 0 aliphatic rings. The Kier molecular flexibility index (Phi) is 16.8. The molecule has 0 unspecified atom stereocenters. The Labute approximate surface area is 144 Å². The third-order valence-electron chi connectivity index (χ3n) is 2.18. The minimum absolute atomic E-state index is 0.00115. The van der Waals surface area contributed by atoms with Gasteiger partial charge in [0.25, 0.3) is 0 Å². The summed E-state index contributed by atoms with van der Waals surface area (Å²) < 4.78 is 25.5. The zero-order valence-corrected chi connectivity index (χ0v) is 15.0. The van der Waals surface area contributed by atoms with Crippen LogP contribution in [-0.2, 0) is 31.6 Å². The van der Waals surface area contributed by atoms with E-state index in [1.54, 1.807) is 23.0 Å². The minimum Gasteiger partial charge on any atom is -0.377 e. The minimum atomic E-state index is -0.168. The number of nitrogens with one attached hydrogen (secondary N) is 1. The molecule has 8 nitrogen and oxygen atoms in total. The highest BCUT2D eigenvalue weighted by Crippen LogP contribution is 1.84. The molecule has 130 valence electrons. The smallest absolute Gasteiger partial charge is 0.247 e. The maximum Gasteiger partial charge on any atom is 0.247 e. The summed E-state index contributed by atoms with van der Waals surface area (Å²) in [5.74, 6) is -0.167. The molecule has 9 heteroatoms. The molecule has 0 rings (SSSR count). The highest BCUT2D eigenvalue weighted by Gasteiger charge is 1.98. The average molecular weight is 433 g/mol. The van der Waals surface area contributed by atoms with Gasteiger partial charge in [-0.2, -0.15) is 0 Å². The maximum absolute atomic E-state index is 11.0. The fourth-order valence-electron chi connectivity index (χ4n) is 1.24. The van der Waals surface area contributed by atoms with Gasteiger partial charge >= 0.3 is 0 Å². The van der Waals surface area contributed by atoms with Crippen LogP contribution in [0.25, 0.3) is 0 Å². The molecule has 0 aromatic heterocycles. The van der Waals surface area contributed by atoms with E-state index in [9.17, 15) is 9.59 Å². The average Bonchev–Trinajstić information content (AvgIpc) is 2.47. The summed E-state index contributed by atoms with van der Waals surface area (Å²) in [5, 5.41) is 2.64. The van der Waals surface area contributed by atoms with Gasteiger partial charge < -0.3 is 27.3 Å². The van der Waals surface area contributed by atoms with E-state index < -0.39 is 0 Å². The third kappa shape index (κ3) is 17.7. The number of carbonyl (C=O) groups is 2. The van der Waals surface area contributed by atoms with Crippen LogP contribution in [0.3, 0.4) is 0 Å². The van der Waals surface area contributed by atoms with Crippen LogP contribution in [0.1, 0.15) is 6.92 Å². The molecule has 0 bridgehead atoms. The summed E-state index contributed by atoms with van der Waals surface area (Å²) in [5.41, 5.74) is 0. The summed E-state index contributed by atoms with van der Waals surface area (Å²) in [6.07, 6.45) is 0. The fraction of sp³-hybridized carbons (Fsp3) is 0.846. The first-order chi connectivity index (χ1) is 10.7. The molecule has 0 aliphatic heterocycles. The normalized spacial score (nSPS) is 10.6. The Morgan fingerprint density at radius 3 is 1.82 bits per heavy atom. The Bertz CT molecular complexity index is 292. The Balaban J connectivity index is 3.05. The molecule has 1 amide bonds. The largest absolute Gasteiger partial charge is 0.377 e. The third-order valence-corrected chi connectivity index (χ3v) is 2.49. The second-order valence-corrected chi connectivity index (χ2v) is 4.82. The molecule has 0 radical (unpaired) electrons. The summed E-state index contributed by atoms with van der Waals surface area (Å²) in [4.78, 5) is 21.6. The quantitative estimate of drug-likeness (QED) is 0.273. The molecule has 0 saturated heterocycles. The van der Waals surface area contributed by atoms with Gasteiger partial charge in [0.2, 0.25) is 5.91 Å². The molecule has 0 aliphatic carbocycles. The van der Waals surface area contributed by atoms with Gasteiger partial charge in [0.15, 0.2) is 5.78 Å². The first-order valence-corrected chi connectivity index (χ1v) is 7.85. The van der Waals surface area contributed by atoms with Crippen molar-refractivity contribution >= 4 is 34.7 Å². The van der Waals surface area contributed by atoms with Crippen molar-refractivity contribution in [3.05, 3.63) is 0 Å². The molecule has 0 heterocycles. The zero-order valence-electron chi connectivity index (χ0n) is 12.8. The SMILES string of the molecule is CC(=O)COCCOCCOCCOCCNC(=O)COI. The summed E-state index contributed by atoms with van der Waals surface area (Å²) in [7, 11) is 0. The monoisotopic (exact) mass is 433 g/mol. The zero-order chi connectivity index (χ0) is 16.5. The van der Waals surface area contributed by atoms with Crippen LogP contribution >= 0.6 is 23.0 Å². The number of hydrogen-bond acceptors (Lipinski definition) is 7. The van der Waals surface area contributed by atoms with Gasteiger partial charge in [-0.1, -0.05) is 0 Å². The summed E-state index contributed by atoms with van der Waals surface area (Å²) in [6.45, 7) is 5.23. The van der Waals surface area contributed by atoms with E-state index in [1.165, 1.54) is 6.92 Å². The number of Topliss-reactive ketones (excluding diaryl/α,β-unsaturated/α-hetero) is 1. The van der Waals surface area contributed by atoms with Crippen molar-refractivity contribution in [2.45, 2.75) is 6.92 Å². The molecule has 0 atom stereocenters. The topological polar surface area (TPSA) is 92.3 Å². The van der Waals surface area contributed by atoms with E-state index in [1.807, 2.05) is 0 Å².